The first-order valence-electron chi connectivity index (χ1n) is 8.46. The molecule has 0 unspecified atom stereocenters. The Morgan fingerprint density at radius 2 is 2.14 bits per heavy atom. The van der Waals surface area contributed by atoms with Crippen LogP contribution in [0.2, 0.25) is 0 Å². The average Bonchev–Trinajstić information content (AvgIpc) is 3.22. The summed E-state index contributed by atoms with van der Waals surface area (Å²) in [6.07, 6.45) is 10.5. The second-order valence-corrected chi connectivity index (χ2v) is 6.23. The lowest BCUT2D eigenvalue weighted by Crippen LogP contribution is -2.32. The van der Waals surface area contributed by atoms with Gasteiger partial charge < -0.3 is 4.57 Å². The van der Waals surface area contributed by atoms with E-state index in [2.05, 4.69) is 46.2 Å². The van der Waals surface area contributed by atoms with Crippen LogP contribution in [-0.4, -0.2) is 36.8 Å². The lowest BCUT2D eigenvalue weighted by Gasteiger charge is -2.25. The van der Waals surface area contributed by atoms with Crippen molar-refractivity contribution in [3.8, 4) is 0 Å². The van der Waals surface area contributed by atoms with Gasteiger partial charge in [0, 0.05) is 49.8 Å². The van der Waals surface area contributed by atoms with E-state index in [1.165, 1.54) is 36.3 Å². The molecule has 2 aromatic heterocycles. The van der Waals surface area contributed by atoms with Gasteiger partial charge in [0.15, 0.2) is 0 Å². The molecule has 3 rings (SSSR count). The largest absolute Gasteiger partial charge is 0.336 e. The number of aromatic nitrogens is 4. The topological polar surface area (TPSA) is 38.9 Å². The van der Waals surface area contributed by atoms with Crippen molar-refractivity contribution in [3.05, 3.63) is 35.7 Å². The summed E-state index contributed by atoms with van der Waals surface area (Å²) in [6, 6.07) is 0.615. The maximum absolute atomic E-state index is 4.72. The van der Waals surface area contributed by atoms with Crippen molar-refractivity contribution < 1.29 is 0 Å². The van der Waals surface area contributed by atoms with Crippen molar-refractivity contribution in [2.45, 2.75) is 58.7 Å². The Bertz CT molecular complexity index is 599. The van der Waals surface area contributed by atoms with E-state index in [4.69, 9.17) is 5.10 Å². The van der Waals surface area contributed by atoms with Gasteiger partial charge >= 0.3 is 0 Å². The molecule has 0 aromatic carbocycles. The molecule has 0 spiro atoms. The first-order valence-corrected chi connectivity index (χ1v) is 8.46. The fourth-order valence-electron chi connectivity index (χ4n) is 3.72. The van der Waals surface area contributed by atoms with Crippen molar-refractivity contribution in [1.29, 1.82) is 0 Å². The van der Waals surface area contributed by atoms with Crippen molar-refractivity contribution in [2.24, 2.45) is 7.05 Å². The van der Waals surface area contributed by atoms with Gasteiger partial charge in [-0.1, -0.05) is 13.8 Å². The van der Waals surface area contributed by atoms with Gasteiger partial charge in [0.25, 0.3) is 0 Å². The van der Waals surface area contributed by atoms with Crippen LogP contribution < -0.4 is 0 Å². The van der Waals surface area contributed by atoms with Gasteiger partial charge in [0.05, 0.1) is 12.0 Å². The number of hydrogen-bond donors (Lipinski definition) is 0. The van der Waals surface area contributed by atoms with Crippen molar-refractivity contribution in [3.63, 3.8) is 0 Å². The molecule has 1 atom stereocenters. The molecule has 1 aliphatic rings. The Morgan fingerprint density at radius 3 is 2.82 bits per heavy atom. The van der Waals surface area contributed by atoms with Crippen LogP contribution in [0.15, 0.2) is 18.7 Å². The highest BCUT2D eigenvalue weighted by molar-refractivity contribution is 5.27. The van der Waals surface area contributed by atoms with E-state index in [9.17, 15) is 0 Å². The number of hydrogen-bond acceptors (Lipinski definition) is 3. The predicted octanol–water partition coefficient (Wildman–Crippen LogP) is 2.41. The molecule has 0 radical (unpaired) electrons. The van der Waals surface area contributed by atoms with Crippen LogP contribution in [0.25, 0.3) is 0 Å². The van der Waals surface area contributed by atoms with Crippen LogP contribution in [-0.2, 0) is 33.0 Å². The van der Waals surface area contributed by atoms with E-state index < -0.39 is 0 Å². The number of aryl methyl sites for hydroxylation is 2. The standard InChI is InChI=1S/C17H27N5/c1-4-16-15(17(5-2)20(3)19-16)12-22-9-6-7-14(22)11-21-10-8-18-13-21/h8,10,13-14H,4-7,9,11-12H2,1-3H3/t14-/m1/s1. The minimum Gasteiger partial charge on any atom is -0.336 e. The van der Waals surface area contributed by atoms with Crippen LogP contribution in [0.5, 0.6) is 0 Å². The molecule has 0 amide bonds. The molecule has 22 heavy (non-hydrogen) atoms. The number of rotatable bonds is 6. The second kappa shape index (κ2) is 6.65. The molecule has 5 nitrogen and oxygen atoms in total. The summed E-state index contributed by atoms with van der Waals surface area (Å²) in [6.45, 7) is 7.72. The summed E-state index contributed by atoms with van der Waals surface area (Å²) < 4.78 is 4.28. The molecule has 2 aromatic rings. The van der Waals surface area contributed by atoms with Gasteiger partial charge in [0.2, 0.25) is 0 Å². The van der Waals surface area contributed by atoms with E-state index in [-0.39, 0.29) is 0 Å². The highest BCUT2D eigenvalue weighted by Gasteiger charge is 2.27. The molecule has 1 aliphatic heterocycles. The summed E-state index contributed by atoms with van der Waals surface area (Å²) in [5.41, 5.74) is 4.13. The van der Waals surface area contributed by atoms with E-state index in [0.717, 1.165) is 25.9 Å². The highest BCUT2D eigenvalue weighted by atomic mass is 15.3. The first kappa shape index (κ1) is 15.3. The molecule has 1 saturated heterocycles. The lowest BCUT2D eigenvalue weighted by atomic mass is 10.1. The normalized spacial score (nSPS) is 19.1. The third-order valence-electron chi connectivity index (χ3n) is 4.87. The summed E-state index contributed by atoms with van der Waals surface area (Å²) >= 11 is 0. The monoisotopic (exact) mass is 301 g/mol. The molecule has 120 valence electrons. The molecule has 0 N–H and O–H groups in total. The minimum atomic E-state index is 0.615. The third-order valence-corrected chi connectivity index (χ3v) is 4.87. The summed E-state index contributed by atoms with van der Waals surface area (Å²) in [5, 5.41) is 4.72. The van der Waals surface area contributed by atoms with Gasteiger partial charge in [-0.25, -0.2) is 4.98 Å². The van der Waals surface area contributed by atoms with Gasteiger partial charge in [-0.05, 0) is 32.2 Å². The van der Waals surface area contributed by atoms with Crippen LogP contribution in [0, 0.1) is 0 Å². The van der Waals surface area contributed by atoms with E-state index >= 15 is 0 Å². The van der Waals surface area contributed by atoms with E-state index in [1.807, 2.05) is 12.5 Å². The second-order valence-electron chi connectivity index (χ2n) is 6.23. The molecule has 5 heteroatoms. The molecule has 3 heterocycles. The zero-order chi connectivity index (χ0) is 15.5. The maximum Gasteiger partial charge on any atom is 0.0946 e. The fourth-order valence-corrected chi connectivity index (χ4v) is 3.72. The average molecular weight is 301 g/mol. The van der Waals surface area contributed by atoms with Gasteiger partial charge in [-0.2, -0.15) is 5.10 Å². The summed E-state index contributed by atoms with van der Waals surface area (Å²) in [5.74, 6) is 0. The van der Waals surface area contributed by atoms with Crippen molar-refractivity contribution in [2.75, 3.05) is 6.54 Å². The zero-order valence-electron chi connectivity index (χ0n) is 14.0. The Hall–Kier alpha value is -1.62. The molecule has 0 bridgehead atoms. The quantitative estimate of drug-likeness (QED) is 0.822. The Balaban J connectivity index is 1.77. The third kappa shape index (κ3) is 2.95. The van der Waals surface area contributed by atoms with Gasteiger partial charge in [-0.3, -0.25) is 9.58 Å². The molecular weight excluding hydrogens is 274 g/mol. The van der Waals surface area contributed by atoms with Crippen LogP contribution >= 0.6 is 0 Å². The van der Waals surface area contributed by atoms with Crippen LogP contribution in [0.4, 0.5) is 0 Å². The minimum absolute atomic E-state index is 0.615. The summed E-state index contributed by atoms with van der Waals surface area (Å²) in [7, 11) is 2.08. The van der Waals surface area contributed by atoms with E-state index in [1.54, 1.807) is 0 Å². The zero-order valence-corrected chi connectivity index (χ0v) is 14.0. The Kier molecular flexibility index (Phi) is 4.62. The van der Waals surface area contributed by atoms with Crippen molar-refractivity contribution >= 4 is 0 Å². The SMILES string of the molecule is CCc1nn(C)c(CC)c1CN1CCC[C@@H]1Cn1ccnc1. The summed E-state index contributed by atoms with van der Waals surface area (Å²) in [4.78, 5) is 6.80. The first-order chi connectivity index (χ1) is 10.7. The molecular formula is C17H27N5. The van der Waals surface area contributed by atoms with E-state index in [0.29, 0.717) is 6.04 Å². The number of nitrogens with zero attached hydrogens (tertiary/aromatic N) is 5. The maximum atomic E-state index is 4.72. The van der Waals surface area contributed by atoms with Crippen molar-refractivity contribution in [1.82, 2.24) is 24.2 Å². The molecule has 1 fully saturated rings. The Labute approximate surface area is 133 Å². The predicted molar refractivity (Wildman–Crippen MR) is 87.6 cm³/mol. The Morgan fingerprint density at radius 1 is 1.27 bits per heavy atom. The number of likely N-dealkylation sites (tertiary alicyclic amines) is 1. The number of imidazole rings is 1. The fraction of sp³-hybridized carbons (Fsp3) is 0.647. The molecule has 0 aliphatic carbocycles. The van der Waals surface area contributed by atoms with Crippen LogP contribution in [0.1, 0.15) is 43.6 Å². The molecule has 0 saturated carbocycles. The van der Waals surface area contributed by atoms with Gasteiger partial charge in [-0.15, -0.1) is 0 Å². The lowest BCUT2D eigenvalue weighted by molar-refractivity contribution is 0.223. The van der Waals surface area contributed by atoms with Gasteiger partial charge in [0.1, 0.15) is 0 Å². The smallest absolute Gasteiger partial charge is 0.0946 e. The highest BCUT2D eigenvalue weighted by Crippen LogP contribution is 2.25. The van der Waals surface area contributed by atoms with Crippen LogP contribution in [0.3, 0.4) is 0 Å².